The third kappa shape index (κ3) is 2.03. The molecular weight excluding hydrogens is 254 g/mol. The van der Waals surface area contributed by atoms with Gasteiger partial charge in [-0.2, -0.15) is 5.26 Å². The molecule has 102 valence electrons. The van der Waals surface area contributed by atoms with Crippen LogP contribution in [0.3, 0.4) is 0 Å². The number of hydrogen-bond donors (Lipinski definition) is 0. The summed E-state index contributed by atoms with van der Waals surface area (Å²) in [5.74, 6) is 0.541. The maximum Gasteiger partial charge on any atom is 0.243 e. The first-order valence-corrected chi connectivity index (χ1v) is 6.57. The van der Waals surface area contributed by atoms with Gasteiger partial charge in [0.05, 0.1) is 6.07 Å². The molecule has 0 N–H and O–H groups in total. The molecule has 1 aliphatic carbocycles. The van der Waals surface area contributed by atoms with Crippen molar-refractivity contribution < 1.29 is 9.21 Å². The Hall–Kier alpha value is -2.35. The average molecular weight is 269 g/mol. The topological polar surface area (TPSA) is 70.1 Å². The molecule has 1 aromatic carbocycles. The number of hydrogen-bond acceptors (Lipinski definition) is 4. The van der Waals surface area contributed by atoms with E-state index < -0.39 is 5.41 Å². The van der Waals surface area contributed by atoms with Gasteiger partial charge in [-0.05, 0) is 30.5 Å². The third-order valence-electron chi connectivity index (χ3n) is 3.70. The van der Waals surface area contributed by atoms with Gasteiger partial charge >= 0.3 is 0 Å². The molecule has 3 rings (SSSR count). The first kappa shape index (κ1) is 12.7. The Balaban J connectivity index is 1.79. The highest BCUT2D eigenvalue weighted by atomic mass is 16.3. The zero-order valence-electron chi connectivity index (χ0n) is 11.5. The van der Waals surface area contributed by atoms with Crippen molar-refractivity contribution in [3.63, 3.8) is 0 Å². The molecule has 5 nitrogen and oxygen atoms in total. The van der Waals surface area contributed by atoms with Gasteiger partial charge in [0.2, 0.25) is 5.91 Å². The Morgan fingerprint density at radius 3 is 2.95 bits per heavy atom. The van der Waals surface area contributed by atoms with Gasteiger partial charge in [0.1, 0.15) is 10.9 Å². The summed E-state index contributed by atoms with van der Waals surface area (Å²) in [4.78, 5) is 18.1. The van der Waals surface area contributed by atoms with E-state index in [0.29, 0.717) is 25.3 Å². The summed E-state index contributed by atoms with van der Waals surface area (Å²) in [6, 6.07) is 7.83. The van der Waals surface area contributed by atoms with E-state index in [-0.39, 0.29) is 5.91 Å². The molecule has 1 aliphatic rings. The van der Waals surface area contributed by atoms with Crippen LogP contribution in [0.15, 0.2) is 22.6 Å². The van der Waals surface area contributed by atoms with Crippen molar-refractivity contribution in [2.24, 2.45) is 5.41 Å². The molecule has 0 aliphatic heterocycles. The number of benzene rings is 1. The minimum absolute atomic E-state index is 0.0866. The monoisotopic (exact) mass is 269 g/mol. The standard InChI is InChI=1S/C15H15N3O2/c1-10-17-12-7-11(3-4-13(12)20-10)8-18(2)14(19)15(9-16)5-6-15/h3-4,7H,5-6,8H2,1-2H3. The lowest BCUT2D eigenvalue weighted by Gasteiger charge is -2.19. The summed E-state index contributed by atoms with van der Waals surface area (Å²) in [7, 11) is 1.73. The number of nitriles is 1. The third-order valence-corrected chi connectivity index (χ3v) is 3.70. The van der Waals surface area contributed by atoms with Gasteiger partial charge in [-0.25, -0.2) is 4.98 Å². The molecule has 0 unspecified atom stereocenters. The predicted octanol–water partition coefficient (Wildman–Crippen LogP) is 2.40. The molecule has 5 heteroatoms. The summed E-state index contributed by atoms with van der Waals surface area (Å²) in [6.07, 6.45) is 1.35. The van der Waals surface area contributed by atoms with E-state index in [1.807, 2.05) is 18.2 Å². The predicted molar refractivity (Wildman–Crippen MR) is 72.5 cm³/mol. The maximum atomic E-state index is 12.2. The molecular formula is C15H15N3O2. The molecule has 1 fully saturated rings. The second-order valence-corrected chi connectivity index (χ2v) is 5.39. The first-order chi connectivity index (χ1) is 9.54. The molecule has 0 saturated heterocycles. The SMILES string of the molecule is Cc1nc2cc(CN(C)C(=O)C3(C#N)CC3)ccc2o1. The summed E-state index contributed by atoms with van der Waals surface area (Å²) in [6.45, 7) is 2.28. The molecule has 1 amide bonds. The van der Waals surface area contributed by atoms with E-state index in [0.717, 1.165) is 16.7 Å². The minimum Gasteiger partial charge on any atom is -0.441 e. The van der Waals surface area contributed by atoms with Gasteiger partial charge < -0.3 is 9.32 Å². The normalized spacial score (nSPS) is 15.8. The number of oxazole rings is 1. The van der Waals surface area contributed by atoms with E-state index in [1.54, 1.807) is 18.9 Å². The van der Waals surface area contributed by atoms with Crippen molar-refractivity contribution in [1.82, 2.24) is 9.88 Å². The molecule has 1 saturated carbocycles. The van der Waals surface area contributed by atoms with Crippen LogP contribution >= 0.6 is 0 Å². The summed E-state index contributed by atoms with van der Waals surface area (Å²) < 4.78 is 5.42. The van der Waals surface area contributed by atoms with Crippen molar-refractivity contribution in [2.75, 3.05) is 7.05 Å². The fraction of sp³-hybridized carbons (Fsp3) is 0.400. The van der Waals surface area contributed by atoms with Crippen molar-refractivity contribution >= 4 is 17.0 Å². The highest BCUT2D eigenvalue weighted by molar-refractivity contribution is 5.88. The van der Waals surface area contributed by atoms with Crippen molar-refractivity contribution in [1.29, 1.82) is 5.26 Å². The Labute approximate surface area is 116 Å². The van der Waals surface area contributed by atoms with Gasteiger partial charge in [0.15, 0.2) is 11.5 Å². The number of carbonyl (C=O) groups excluding carboxylic acids is 1. The van der Waals surface area contributed by atoms with Gasteiger partial charge in [0, 0.05) is 20.5 Å². The summed E-state index contributed by atoms with van der Waals surface area (Å²) >= 11 is 0. The van der Waals surface area contributed by atoms with Crippen LogP contribution in [0.25, 0.3) is 11.1 Å². The molecule has 0 spiro atoms. The molecule has 0 atom stereocenters. The van der Waals surface area contributed by atoms with E-state index >= 15 is 0 Å². The summed E-state index contributed by atoms with van der Waals surface area (Å²) in [5, 5.41) is 9.07. The van der Waals surface area contributed by atoms with Crippen LogP contribution in [-0.2, 0) is 11.3 Å². The van der Waals surface area contributed by atoms with Crippen LogP contribution in [0.5, 0.6) is 0 Å². The van der Waals surface area contributed by atoms with Gasteiger partial charge in [-0.3, -0.25) is 4.79 Å². The number of fused-ring (bicyclic) bond motifs is 1. The smallest absolute Gasteiger partial charge is 0.243 e. The number of amides is 1. The zero-order valence-corrected chi connectivity index (χ0v) is 11.5. The highest BCUT2D eigenvalue weighted by Crippen LogP contribution is 2.46. The number of aryl methyl sites for hydroxylation is 1. The van der Waals surface area contributed by atoms with Crippen LogP contribution < -0.4 is 0 Å². The molecule has 0 bridgehead atoms. The van der Waals surface area contributed by atoms with Gasteiger partial charge in [-0.15, -0.1) is 0 Å². The van der Waals surface area contributed by atoms with Gasteiger partial charge in [-0.1, -0.05) is 6.07 Å². The van der Waals surface area contributed by atoms with Crippen LogP contribution in [-0.4, -0.2) is 22.8 Å². The lowest BCUT2D eigenvalue weighted by atomic mass is 10.1. The number of nitrogens with zero attached hydrogens (tertiary/aromatic N) is 3. The number of aromatic nitrogens is 1. The van der Waals surface area contributed by atoms with E-state index in [9.17, 15) is 4.79 Å². The Morgan fingerprint density at radius 1 is 1.55 bits per heavy atom. The second kappa shape index (κ2) is 4.34. The van der Waals surface area contributed by atoms with E-state index in [1.165, 1.54) is 0 Å². The maximum absolute atomic E-state index is 12.2. The molecule has 0 radical (unpaired) electrons. The quantitative estimate of drug-likeness (QED) is 0.857. The lowest BCUT2D eigenvalue weighted by Crippen LogP contribution is -2.32. The van der Waals surface area contributed by atoms with Crippen molar-refractivity contribution in [3.05, 3.63) is 29.7 Å². The highest BCUT2D eigenvalue weighted by Gasteiger charge is 2.51. The average Bonchev–Trinajstić information content (AvgIpc) is 3.14. The molecule has 20 heavy (non-hydrogen) atoms. The van der Waals surface area contributed by atoms with Crippen LogP contribution in [0, 0.1) is 23.7 Å². The Bertz CT molecular complexity index is 722. The van der Waals surface area contributed by atoms with Crippen molar-refractivity contribution in [3.8, 4) is 6.07 Å². The lowest BCUT2D eigenvalue weighted by molar-refractivity contribution is -0.134. The molecule has 2 aromatic rings. The Kier molecular flexibility index (Phi) is 2.75. The minimum atomic E-state index is -0.761. The summed E-state index contributed by atoms with van der Waals surface area (Å²) in [5.41, 5.74) is 1.76. The fourth-order valence-corrected chi connectivity index (χ4v) is 2.40. The second-order valence-electron chi connectivity index (χ2n) is 5.39. The zero-order chi connectivity index (χ0) is 14.3. The van der Waals surface area contributed by atoms with E-state index in [2.05, 4.69) is 11.1 Å². The Morgan fingerprint density at radius 2 is 2.30 bits per heavy atom. The van der Waals surface area contributed by atoms with Crippen LogP contribution in [0.4, 0.5) is 0 Å². The van der Waals surface area contributed by atoms with Crippen molar-refractivity contribution in [2.45, 2.75) is 26.3 Å². The molecule has 1 heterocycles. The van der Waals surface area contributed by atoms with Crippen LogP contribution in [0.2, 0.25) is 0 Å². The first-order valence-electron chi connectivity index (χ1n) is 6.57. The van der Waals surface area contributed by atoms with Crippen LogP contribution in [0.1, 0.15) is 24.3 Å². The molecule has 1 aromatic heterocycles. The van der Waals surface area contributed by atoms with E-state index in [4.69, 9.17) is 9.68 Å². The fourth-order valence-electron chi connectivity index (χ4n) is 2.40. The van der Waals surface area contributed by atoms with Gasteiger partial charge in [0.25, 0.3) is 0 Å². The number of carbonyl (C=O) groups is 1. The number of rotatable bonds is 3. The largest absolute Gasteiger partial charge is 0.441 e.